The van der Waals surface area contributed by atoms with Crippen LogP contribution in [-0.4, -0.2) is 78.2 Å². The summed E-state index contributed by atoms with van der Waals surface area (Å²) < 4.78 is 9.93. The number of amides is 3. The summed E-state index contributed by atoms with van der Waals surface area (Å²) in [6.45, 7) is 9.34. The molecule has 2 atom stereocenters. The minimum absolute atomic E-state index is 0.0546. The molecule has 3 amide bonds. The zero-order valence-electron chi connectivity index (χ0n) is 16.9. The molecule has 1 aliphatic heterocycles. The lowest BCUT2D eigenvalue weighted by molar-refractivity contribution is -0.137. The molecule has 0 aromatic heterocycles. The highest BCUT2D eigenvalue weighted by atomic mass is 16.6. The van der Waals surface area contributed by atoms with Gasteiger partial charge in [-0.3, -0.25) is 10.2 Å². The Bertz CT molecular complexity index is 587. The molecule has 1 heterocycles. The first-order valence-electron chi connectivity index (χ1n) is 8.84. The fourth-order valence-corrected chi connectivity index (χ4v) is 2.68. The van der Waals surface area contributed by atoms with E-state index in [4.69, 9.17) is 15.9 Å². The fraction of sp³-hybridized carbons (Fsp3) is 0.765. The first kappa shape index (κ1) is 22.5. The minimum atomic E-state index is -0.827. The van der Waals surface area contributed by atoms with E-state index in [9.17, 15) is 14.4 Å². The Kier molecular flexibility index (Phi) is 7.44. The van der Waals surface area contributed by atoms with Crippen molar-refractivity contribution in [3.63, 3.8) is 0 Å². The number of ether oxygens (including phenoxy) is 2. The van der Waals surface area contributed by atoms with Crippen LogP contribution in [0.5, 0.6) is 0 Å². The maximum absolute atomic E-state index is 13.0. The van der Waals surface area contributed by atoms with Crippen molar-refractivity contribution in [1.29, 1.82) is 5.41 Å². The van der Waals surface area contributed by atoms with Crippen LogP contribution in [0.25, 0.3) is 0 Å². The van der Waals surface area contributed by atoms with Crippen LogP contribution in [0.3, 0.4) is 0 Å². The largest absolute Gasteiger partial charge is 0.453 e. The molecule has 0 bridgehead atoms. The van der Waals surface area contributed by atoms with Crippen LogP contribution >= 0.6 is 0 Å². The number of rotatable bonds is 4. The van der Waals surface area contributed by atoms with E-state index in [-0.39, 0.29) is 37.3 Å². The second kappa shape index (κ2) is 8.92. The van der Waals surface area contributed by atoms with Gasteiger partial charge in [-0.15, -0.1) is 0 Å². The van der Waals surface area contributed by atoms with Crippen molar-refractivity contribution in [1.82, 2.24) is 15.1 Å². The van der Waals surface area contributed by atoms with Gasteiger partial charge in [0.15, 0.2) is 0 Å². The first-order valence-corrected chi connectivity index (χ1v) is 8.84. The zero-order valence-corrected chi connectivity index (χ0v) is 16.9. The average molecular weight is 385 g/mol. The number of nitrogens with two attached hydrogens (primary N) is 1. The van der Waals surface area contributed by atoms with Gasteiger partial charge in [0.25, 0.3) is 0 Å². The van der Waals surface area contributed by atoms with Crippen LogP contribution in [0.1, 0.15) is 34.6 Å². The van der Waals surface area contributed by atoms with Gasteiger partial charge >= 0.3 is 12.2 Å². The van der Waals surface area contributed by atoms with E-state index in [1.165, 1.54) is 16.9 Å². The normalized spacial score (nSPS) is 18.7. The molecular formula is C17H31N5O5. The van der Waals surface area contributed by atoms with Gasteiger partial charge in [-0.1, -0.05) is 13.8 Å². The summed E-state index contributed by atoms with van der Waals surface area (Å²) in [5.41, 5.74) is 5.04. The standard InChI is InChI=1S/C17H31N5O5/c1-10(2)12(20-15(24)26-6)14(23)22-8-7-21(9-11(22)13(18)19)16(25)27-17(3,4)5/h10-12H,7-9H2,1-6H3,(H3,18,19)(H,20,24)/t11-,12-/m0/s1. The van der Waals surface area contributed by atoms with Crippen LogP contribution in [0.4, 0.5) is 9.59 Å². The maximum Gasteiger partial charge on any atom is 0.410 e. The molecule has 1 saturated heterocycles. The number of methoxy groups -OCH3 is 1. The number of amidine groups is 1. The summed E-state index contributed by atoms with van der Waals surface area (Å²) in [6, 6.07) is -1.62. The van der Waals surface area contributed by atoms with Gasteiger partial charge in [-0.2, -0.15) is 0 Å². The summed E-state index contributed by atoms with van der Waals surface area (Å²) in [5, 5.41) is 10.4. The van der Waals surface area contributed by atoms with Crippen molar-refractivity contribution in [2.24, 2.45) is 11.7 Å². The van der Waals surface area contributed by atoms with Crippen LogP contribution in [0.2, 0.25) is 0 Å². The van der Waals surface area contributed by atoms with Gasteiger partial charge in [0.1, 0.15) is 23.5 Å². The van der Waals surface area contributed by atoms with Gasteiger partial charge < -0.3 is 30.3 Å². The molecule has 1 aliphatic rings. The molecule has 0 saturated carbocycles. The van der Waals surface area contributed by atoms with E-state index in [1.807, 2.05) is 0 Å². The number of piperazine rings is 1. The molecule has 0 spiro atoms. The second-order valence-electron chi connectivity index (χ2n) is 7.79. The van der Waals surface area contributed by atoms with E-state index < -0.39 is 29.9 Å². The first-order chi connectivity index (χ1) is 12.4. The molecule has 0 unspecified atom stereocenters. The van der Waals surface area contributed by atoms with Crippen LogP contribution in [0, 0.1) is 11.3 Å². The van der Waals surface area contributed by atoms with E-state index in [1.54, 1.807) is 34.6 Å². The Morgan fingerprint density at radius 3 is 2.26 bits per heavy atom. The molecule has 10 heteroatoms. The number of hydrogen-bond donors (Lipinski definition) is 3. The van der Waals surface area contributed by atoms with Gasteiger partial charge in [0.2, 0.25) is 5.91 Å². The van der Waals surface area contributed by atoms with Crippen LogP contribution < -0.4 is 11.1 Å². The van der Waals surface area contributed by atoms with E-state index >= 15 is 0 Å². The van der Waals surface area contributed by atoms with Crippen molar-refractivity contribution >= 4 is 23.9 Å². The van der Waals surface area contributed by atoms with E-state index in [2.05, 4.69) is 10.1 Å². The Balaban J connectivity index is 2.95. The topological polar surface area (TPSA) is 138 Å². The van der Waals surface area contributed by atoms with Crippen LogP contribution in [0.15, 0.2) is 0 Å². The molecule has 154 valence electrons. The maximum atomic E-state index is 13.0. The van der Waals surface area contributed by atoms with E-state index in [0.717, 1.165) is 0 Å². The van der Waals surface area contributed by atoms with Crippen molar-refractivity contribution in [3.8, 4) is 0 Å². The quantitative estimate of drug-likeness (QED) is 0.482. The van der Waals surface area contributed by atoms with Crippen molar-refractivity contribution in [2.75, 3.05) is 26.7 Å². The predicted octanol–water partition coefficient (Wildman–Crippen LogP) is 0.751. The number of carbonyl (C=O) groups is 3. The lowest BCUT2D eigenvalue weighted by Gasteiger charge is -2.42. The molecule has 0 aromatic rings. The second-order valence-corrected chi connectivity index (χ2v) is 7.79. The summed E-state index contributed by atoms with van der Waals surface area (Å²) >= 11 is 0. The lowest BCUT2D eigenvalue weighted by atomic mass is 10.0. The third kappa shape index (κ3) is 6.30. The molecule has 27 heavy (non-hydrogen) atoms. The Morgan fingerprint density at radius 1 is 1.22 bits per heavy atom. The summed E-state index contributed by atoms with van der Waals surface area (Å²) in [4.78, 5) is 39.7. The van der Waals surface area contributed by atoms with Gasteiger partial charge in [-0.05, 0) is 26.7 Å². The lowest BCUT2D eigenvalue weighted by Crippen LogP contribution is -2.64. The van der Waals surface area contributed by atoms with Gasteiger partial charge in [-0.25, -0.2) is 9.59 Å². The monoisotopic (exact) mass is 385 g/mol. The highest BCUT2D eigenvalue weighted by molar-refractivity contribution is 5.92. The minimum Gasteiger partial charge on any atom is -0.453 e. The number of alkyl carbamates (subject to hydrolysis) is 1. The number of hydrogen-bond acceptors (Lipinski definition) is 6. The third-order valence-corrected chi connectivity index (χ3v) is 4.07. The molecule has 0 radical (unpaired) electrons. The number of nitrogens with zero attached hydrogens (tertiary/aromatic N) is 2. The molecule has 10 nitrogen and oxygen atoms in total. The zero-order chi connectivity index (χ0) is 20.9. The Hall–Kier alpha value is -2.52. The summed E-state index contributed by atoms with van der Waals surface area (Å²) in [7, 11) is 1.22. The average Bonchev–Trinajstić information content (AvgIpc) is 2.56. The molecule has 0 aromatic carbocycles. The molecule has 1 rings (SSSR count). The third-order valence-electron chi connectivity index (χ3n) is 4.07. The SMILES string of the molecule is COC(=O)N[C@H](C(=O)N1CCN(C(=O)OC(C)(C)C)C[C@H]1C(=N)N)C(C)C. The van der Waals surface area contributed by atoms with Gasteiger partial charge in [0.05, 0.1) is 13.7 Å². The molecule has 1 fully saturated rings. The predicted molar refractivity (Wildman–Crippen MR) is 99.4 cm³/mol. The Labute approximate surface area is 159 Å². The summed E-state index contributed by atoms with van der Waals surface area (Å²) in [6.07, 6.45) is -1.23. The fourth-order valence-electron chi connectivity index (χ4n) is 2.68. The smallest absolute Gasteiger partial charge is 0.410 e. The van der Waals surface area contributed by atoms with Crippen molar-refractivity contribution in [2.45, 2.75) is 52.3 Å². The number of nitrogens with one attached hydrogen (secondary N) is 2. The summed E-state index contributed by atoms with van der Waals surface area (Å²) in [5.74, 6) is -0.815. The van der Waals surface area contributed by atoms with Crippen LogP contribution in [-0.2, 0) is 14.3 Å². The van der Waals surface area contributed by atoms with Gasteiger partial charge in [0, 0.05) is 13.1 Å². The highest BCUT2D eigenvalue weighted by Gasteiger charge is 2.39. The number of carbonyl (C=O) groups excluding carboxylic acids is 3. The van der Waals surface area contributed by atoms with E-state index in [0.29, 0.717) is 0 Å². The van der Waals surface area contributed by atoms with Crippen molar-refractivity contribution < 1.29 is 23.9 Å². The molecular weight excluding hydrogens is 354 g/mol. The highest BCUT2D eigenvalue weighted by Crippen LogP contribution is 2.17. The molecule has 0 aliphatic carbocycles. The van der Waals surface area contributed by atoms with Crippen molar-refractivity contribution in [3.05, 3.63) is 0 Å². The Morgan fingerprint density at radius 2 is 1.81 bits per heavy atom. The molecule has 4 N–H and O–H groups in total.